The Morgan fingerprint density at radius 1 is 1.50 bits per heavy atom. The summed E-state index contributed by atoms with van der Waals surface area (Å²) in [6.07, 6.45) is 2.40. The van der Waals surface area contributed by atoms with Crippen molar-refractivity contribution in [3.8, 4) is 0 Å². The molecule has 0 spiro atoms. The molecule has 2 nitrogen and oxygen atoms in total. The van der Waals surface area contributed by atoms with Crippen LogP contribution in [0.5, 0.6) is 0 Å². The molecule has 0 saturated carbocycles. The maximum atomic E-state index is 7.19. The molecule has 0 fully saturated rings. The highest BCUT2D eigenvalue weighted by molar-refractivity contribution is 5.85. The fourth-order valence-corrected chi connectivity index (χ4v) is 1.18. The highest BCUT2D eigenvalue weighted by Gasteiger charge is 1.97. The summed E-state index contributed by atoms with van der Waals surface area (Å²) in [5.74, 6) is 0. The van der Waals surface area contributed by atoms with Crippen molar-refractivity contribution in [2.24, 2.45) is 0 Å². The van der Waals surface area contributed by atoms with Crippen molar-refractivity contribution in [3.63, 3.8) is 0 Å². The molecule has 1 aromatic rings. The fraction of sp³-hybridized carbons (Fsp3) is 0.300. The second kappa shape index (κ2) is 3.90. The van der Waals surface area contributed by atoms with Crippen molar-refractivity contribution >= 4 is 11.9 Å². The lowest BCUT2D eigenvalue weighted by molar-refractivity contribution is 1.14. The second-order valence-electron chi connectivity index (χ2n) is 2.67. The van der Waals surface area contributed by atoms with Gasteiger partial charge in [0.05, 0.1) is 0 Å². The minimum absolute atomic E-state index is 0.955. The molecule has 2 heteroatoms. The number of aryl methyl sites for hydroxylation is 1. The maximum Gasteiger partial charge on any atom is 0.0426 e. The van der Waals surface area contributed by atoms with Crippen LogP contribution in [0.3, 0.4) is 0 Å². The van der Waals surface area contributed by atoms with Gasteiger partial charge in [-0.3, -0.25) is 0 Å². The van der Waals surface area contributed by atoms with E-state index < -0.39 is 0 Å². The van der Waals surface area contributed by atoms with Crippen LogP contribution in [-0.4, -0.2) is 13.3 Å². The van der Waals surface area contributed by atoms with E-state index in [2.05, 4.69) is 18.3 Å². The van der Waals surface area contributed by atoms with Gasteiger partial charge in [0, 0.05) is 24.5 Å². The van der Waals surface area contributed by atoms with Crippen LogP contribution < -0.4 is 5.32 Å². The van der Waals surface area contributed by atoms with Crippen molar-refractivity contribution in [1.82, 2.24) is 0 Å². The molecule has 12 heavy (non-hydrogen) atoms. The van der Waals surface area contributed by atoms with Gasteiger partial charge in [0.25, 0.3) is 0 Å². The molecule has 0 bridgehead atoms. The largest absolute Gasteiger partial charge is 0.388 e. The maximum absolute atomic E-state index is 7.19. The number of nitrogens with one attached hydrogen (secondary N) is 2. The molecular weight excluding hydrogens is 148 g/mol. The summed E-state index contributed by atoms with van der Waals surface area (Å²) in [5.41, 5.74) is 3.24. The lowest BCUT2D eigenvalue weighted by Crippen LogP contribution is -1.95. The number of anilines is 1. The summed E-state index contributed by atoms with van der Waals surface area (Å²) in [4.78, 5) is 0. The van der Waals surface area contributed by atoms with E-state index in [-0.39, 0.29) is 0 Å². The summed E-state index contributed by atoms with van der Waals surface area (Å²) >= 11 is 0. The molecule has 0 heterocycles. The van der Waals surface area contributed by atoms with Crippen LogP contribution in [0, 0.1) is 5.41 Å². The lowest BCUT2D eigenvalue weighted by Gasteiger charge is -2.05. The molecule has 0 atom stereocenters. The average molecular weight is 162 g/mol. The molecule has 64 valence electrons. The van der Waals surface area contributed by atoms with Crippen molar-refractivity contribution in [2.75, 3.05) is 12.4 Å². The molecule has 0 radical (unpaired) electrons. The molecule has 0 amide bonds. The number of hydrogen-bond acceptors (Lipinski definition) is 2. The van der Waals surface area contributed by atoms with Crippen molar-refractivity contribution in [1.29, 1.82) is 5.41 Å². The van der Waals surface area contributed by atoms with Gasteiger partial charge in [0.1, 0.15) is 0 Å². The van der Waals surface area contributed by atoms with Crippen LogP contribution in [0.15, 0.2) is 18.2 Å². The van der Waals surface area contributed by atoms with Crippen LogP contribution in [0.1, 0.15) is 18.1 Å². The van der Waals surface area contributed by atoms with Crippen molar-refractivity contribution < 1.29 is 0 Å². The first-order chi connectivity index (χ1) is 5.81. The van der Waals surface area contributed by atoms with Gasteiger partial charge in [0.2, 0.25) is 0 Å². The Kier molecular flexibility index (Phi) is 2.86. The zero-order valence-electron chi connectivity index (χ0n) is 7.52. The summed E-state index contributed by atoms with van der Waals surface area (Å²) in [5, 5.41) is 10.2. The molecule has 1 rings (SSSR count). The first-order valence-electron chi connectivity index (χ1n) is 4.13. The van der Waals surface area contributed by atoms with E-state index in [1.54, 1.807) is 0 Å². The van der Waals surface area contributed by atoms with Crippen molar-refractivity contribution in [2.45, 2.75) is 13.3 Å². The molecule has 0 unspecified atom stereocenters. The van der Waals surface area contributed by atoms with Crippen LogP contribution in [-0.2, 0) is 6.42 Å². The number of benzene rings is 1. The number of hydrogen-bond donors (Lipinski definition) is 2. The van der Waals surface area contributed by atoms with E-state index >= 15 is 0 Å². The van der Waals surface area contributed by atoms with E-state index in [4.69, 9.17) is 5.41 Å². The normalized spacial score (nSPS) is 9.50. The first-order valence-corrected chi connectivity index (χ1v) is 4.13. The predicted molar refractivity (Wildman–Crippen MR) is 53.3 cm³/mol. The van der Waals surface area contributed by atoms with E-state index in [1.807, 2.05) is 19.2 Å². The van der Waals surface area contributed by atoms with Gasteiger partial charge in [-0.25, -0.2) is 0 Å². The zero-order valence-corrected chi connectivity index (χ0v) is 7.52. The molecule has 0 saturated heterocycles. The summed E-state index contributed by atoms with van der Waals surface area (Å²) in [6, 6.07) is 6.14. The minimum atomic E-state index is 0.955. The van der Waals surface area contributed by atoms with Gasteiger partial charge in [0.15, 0.2) is 0 Å². The molecule has 0 aliphatic carbocycles. The Bertz CT molecular complexity index is 279. The Labute approximate surface area is 73.1 Å². The highest BCUT2D eigenvalue weighted by atomic mass is 14.8. The Balaban J connectivity index is 3.10. The summed E-state index contributed by atoms with van der Waals surface area (Å²) < 4.78 is 0. The van der Waals surface area contributed by atoms with Gasteiger partial charge < -0.3 is 10.7 Å². The van der Waals surface area contributed by atoms with E-state index in [1.165, 1.54) is 11.8 Å². The highest BCUT2D eigenvalue weighted by Crippen LogP contribution is 2.15. The Hall–Kier alpha value is -1.31. The van der Waals surface area contributed by atoms with Crippen LogP contribution in [0.25, 0.3) is 0 Å². The number of rotatable bonds is 3. The monoisotopic (exact) mass is 162 g/mol. The fourth-order valence-electron chi connectivity index (χ4n) is 1.18. The summed E-state index contributed by atoms with van der Waals surface area (Å²) in [6.45, 7) is 2.11. The minimum Gasteiger partial charge on any atom is -0.388 e. The Morgan fingerprint density at radius 3 is 2.75 bits per heavy atom. The summed E-state index contributed by atoms with van der Waals surface area (Å²) in [7, 11) is 1.87. The van der Waals surface area contributed by atoms with E-state index in [9.17, 15) is 0 Å². The van der Waals surface area contributed by atoms with Crippen LogP contribution >= 0.6 is 0 Å². The molecule has 0 aliphatic rings. The van der Waals surface area contributed by atoms with Gasteiger partial charge in [-0.2, -0.15) is 0 Å². The third kappa shape index (κ3) is 1.64. The molecule has 0 aliphatic heterocycles. The van der Waals surface area contributed by atoms with Crippen LogP contribution in [0.2, 0.25) is 0 Å². The average Bonchev–Trinajstić information content (AvgIpc) is 2.16. The third-order valence-corrected chi connectivity index (χ3v) is 1.95. The third-order valence-electron chi connectivity index (χ3n) is 1.95. The van der Waals surface area contributed by atoms with Crippen molar-refractivity contribution in [3.05, 3.63) is 29.3 Å². The Morgan fingerprint density at radius 2 is 2.25 bits per heavy atom. The van der Waals surface area contributed by atoms with Crippen LogP contribution in [0.4, 0.5) is 5.69 Å². The molecule has 2 N–H and O–H groups in total. The molecule has 1 aromatic carbocycles. The zero-order chi connectivity index (χ0) is 8.97. The SMILES string of the molecule is CCc1ccc(NC)c(C=N)c1. The lowest BCUT2D eigenvalue weighted by atomic mass is 10.1. The van der Waals surface area contributed by atoms with Gasteiger partial charge in [-0.15, -0.1) is 0 Å². The van der Waals surface area contributed by atoms with Gasteiger partial charge in [-0.05, 0) is 24.1 Å². The first kappa shape index (κ1) is 8.78. The molecular formula is C10H14N2. The quantitative estimate of drug-likeness (QED) is 0.657. The smallest absolute Gasteiger partial charge is 0.0426 e. The standard InChI is InChI=1S/C10H14N2/c1-3-8-4-5-10(12-2)9(6-8)7-11/h4-7,11-12H,3H2,1-2H3. The second-order valence-corrected chi connectivity index (χ2v) is 2.67. The molecule has 0 aromatic heterocycles. The topological polar surface area (TPSA) is 35.9 Å². The van der Waals surface area contributed by atoms with E-state index in [0.717, 1.165) is 17.7 Å². The van der Waals surface area contributed by atoms with Gasteiger partial charge >= 0.3 is 0 Å². The predicted octanol–water partition coefficient (Wildman–Crippen LogP) is 2.29. The van der Waals surface area contributed by atoms with Gasteiger partial charge in [-0.1, -0.05) is 13.0 Å². The van der Waals surface area contributed by atoms with E-state index in [0.29, 0.717) is 0 Å².